The highest BCUT2D eigenvalue weighted by molar-refractivity contribution is 7.91. The minimum atomic E-state index is -3.11. The Morgan fingerprint density at radius 2 is 1.86 bits per heavy atom. The molecule has 0 spiro atoms. The summed E-state index contributed by atoms with van der Waals surface area (Å²) in [7, 11) is -3.11. The molecule has 0 radical (unpaired) electrons. The van der Waals surface area contributed by atoms with Gasteiger partial charge < -0.3 is 10.4 Å². The van der Waals surface area contributed by atoms with Crippen LogP contribution >= 0.6 is 0 Å². The molecule has 3 atom stereocenters. The fraction of sp³-hybridized carbons (Fsp3) is 0.625. The van der Waals surface area contributed by atoms with Crippen LogP contribution in [0.2, 0.25) is 0 Å². The second-order valence-corrected chi connectivity index (χ2v) is 7.96. The zero-order chi connectivity index (χ0) is 16.2. The number of nitrogens with zero attached hydrogens (tertiary/aromatic N) is 1. The van der Waals surface area contributed by atoms with Gasteiger partial charge in [-0.1, -0.05) is 44.2 Å². The van der Waals surface area contributed by atoms with Crippen molar-refractivity contribution in [2.75, 3.05) is 31.1 Å². The molecule has 1 fully saturated rings. The van der Waals surface area contributed by atoms with Crippen molar-refractivity contribution in [3.63, 3.8) is 0 Å². The van der Waals surface area contributed by atoms with Crippen LogP contribution < -0.4 is 5.32 Å². The van der Waals surface area contributed by atoms with E-state index in [1.165, 1.54) is 5.56 Å². The molecule has 2 N–H and O–H groups in total. The molecule has 124 valence electrons. The molecule has 5 nitrogen and oxygen atoms in total. The van der Waals surface area contributed by atoms with Crippen molar-refractivity contribution in [1.29, 1.82) is 0 Å². The summed E-state index contributed by atoms with van der Waals surface area (Å²) in [6, 6.07) is 10.0. The van der Waals surface area contributed by atoms with E-state index in [2.05, 4.69) is 36.2 Å². The van der Waals surface area contributed by atoms with Crippen LogP contribution in [0.1, 0.15) is 25.5 Å². The van der Waals surface area contributed by atoms with Gasteiger partial charge >= 0.3 is 0 Å². The van der Waals surface area contributed by atoms with Gasteiger partial charge in [0.1, 0.15) is 0 Å². The normalized spacial score (nSPS) is 25.5. The maximum Gasteiger partial charge on any atom is 0.154 e. The zero-order valence-electron chi connectivity index (χ0n) is 13.3. The van der Waals surface area contributed by atoms with E-state index in [0.29, 0.717) is 6.54 Å². The molecule has 0 aromatic heterocycles. The van der Waals surface area contributed by atoms with Gasteiger partial charge in [-0.05, 0) is 18.7 Å². The van der Waals surface area contributed by atoms with Gasteiger partial charge in [0, 0.05) is 18.6 Å². The van der Waals surface area contributed by atoms with E-state index < -0.39 is 15.9 Å². The third-order valence-electron chi connectivity index (χ3n) is 4.33. The lowest BCUT2D eigenvalue weighted by Crippen LogP contribution is -2.44. The number of hydrogen-bond donors (Lipinski definition) is 2. The first-order valence-corrected chi connectivity index (χ1v) is 9.69. The van der Waals surface area contributed by atoms with Gasteiger partial charge in [0.15, 0.2) is 9.84 Å². The van der Waals surface area contributed by atoms with E-state index in [0.717, 1.165) is 13.1 Å². The van der Waals surface area contributed by atoms with Crippen LogP contribution in [-0.4, -0.2) is 61.7 Å². The maximum atomic E-state index is 11.6. The van der Waals surface area contributed by atoms with Crippen LogP contribution in [0, 0.1) is 0 Å². The first-order valence-electron chi connectivity index (χ1n) is 7.87. The van der Waals surface area contributed by atoms with Crippen molar-refractivity contribution in [2.45, 2.75) is 32.0 Å². The van der Waals surface area contributed by atoms with Gasteiger partial charge in [0.05, 0.1) is 17.6 Å². The number of aliphatic hydroxyl groups excluding tert-OH is 1. The number of sulfone groups is 1. The fourth-order valence-electron chi connectivity index (χ4n) is 3.08. The van der Waals surface area contributed by atoms with Gasteiger partial charge in [-0.25, -0.2) is 8.42 Å². The first-order chi connectivity index (χ1) is 10.5. The molecule has 1 aliphatic rings. The number of nitrogens with one attached hydrogen (secondary N) is 1. The number of likely N-dealkylation sites (N-methyl/N-ethyl adjacent to an activating group) is 1. The number of rotatable bonds is 7. The smallest absolute Gasteiger partial charge is 0.154 e. The standard InChI is InChI=1S/C16H26N2O3S/c1-3-18(4-2)15(13-8-6-5-7-9-13)10-17-14-11-22(20,21)12-16(14)19/h5-9,14-17,19H,3-4,10-12H2,1-2H3/t14-,15+,16+/m0/s1. The second kappa shape index (κ2) is 7.55. The summed E-state index contributed by atoms with van der Waals surface area (Å²) < 4.78 is 23.2. The van der Waals surface area contributed by atoms with Crippen molar-refractivity contribution in [3.8, 4) is 0 Å². The minimum absolute atomic E-state index is 0.0218. The second-order valence-electron chi connectivity index (χ2n) is 5.81. The van der Waals surface area contributed by atoms with Crippen LogP contribution in [0.4, 0.5) is 0 Å². The van der Waals surface area contributed by atoms with E-state index in [4.69, 9.17) is 0 Å². The van der Waals surface area contributed by atoms with Gasteiger partial charge in [0.2, 0.25) is 0 Å². The summed E-state index contributed by atoms with van der Waals surface area (Å²) >= 11 is 0. The lowest BCUT2D eigenvalue weighted by Gasteiger charge is -2.31. The Bertz CT molecular complexity index is 558. The number of aliphatic hydroxyl groups is 1. The largest absolute Gasteiger partial charge is 0.390 e. The van der Waals surface area contributed by atoms with Gasteiger partial charge in [-0.3, -0.25) is 4.90 Å². The van der Waals surface area contributed by atoms with Crippen molar-refractivity contribution < 1.29 is 13.5 Å². The summed E-state index contributed by atoms with van der Waals surface area (Å²) in [6.07, 6.45) is -0.807. The number of hydrogen-bond acceptors (Lipinski definition) is 5. The molecule has 6 heteroatoms. The Hall–Kier alpha value is -0.950. The maximum absolute atomic E-state index is 11.6. The third kappa shape index (κ3) is 4.29. The Labute approximate surface area is 133 Å². The average molecular weight is 326 g/mol. The van der Waals surface area contributed by atoms with Crippen molar-refractivity contribution in [2.24, 2.45) is 0 Å². The summed E-state index contributed by atoms with van der Waals surface area (Å²) in [5.74, 6) is -0.111. The van der Waals surface area contributed by atoms with Crippen LogP contribution in [0.15, 0.2) is 30.3 Å². The van der Waals surface area contributed by atoms with E-state index >= 15 is 0 Å². The predicted octanol–water partition coefficient (Wildman–Crippen LogP) is 0.817. The minimum Gasteiger partial charge on any atom is -0.390 e. The van der Waals surface area contributed by atoms with Crippen molar-refractivity contribution in [3.05, 3.63) is 35.9 Å². The first kappa shape index (κ1) is 17.4. The van der Waals surface area contributed by atoms with Crippen molar-refractivity contribution in [1.82, 2.24) is 10.2 Å². The molecule has 1 aromatic rings. The monoisotopic (exact) mass is 326 g/mol. The molecule has 0 amide bonds. The topological polar surface area (TPSA) is 69.6 Å². The Morgan fingerprint density at radius 3 is 2.36 bits per heavy atom. The third-order valence-corrected chi connectivity index (χ3v) is 6.05. The Balaban J connectivity index is 2.07. The van der Waals surface area contributed by atoms with E-state index in [1.54, 1.807) is 0 Å². The molecule has 22 heavy (non-hydrogen) atoms. The highest BCUT2D eigenvalue weighted by Crippen LogP contribution is 2.21. The SMILES string of the molecule is CCN(CC)[C@H](CN[C@H]1CS(=O)(=O)C[C@H]1O)c1ccccc1. The molecular formula is C16H26N2O3S. The molecule has 1 aromatic carbocycles. The summed E-state index contributed by atoms with van der Waals surface area (Å²) in [6.45, 7) is 6.71. The zero-order valence-corrected chi connectivity index (χ0v) is 14.1. The Morgan fingerprint density at radius 1 is 1.23 bits per heavy atom. The summed E-state index contributed by atoms with van der Waals surface area (Å²) in [5.41, 5.74) is 1.20. The summed E-state index contributed by atoms with van der Waals surface area (Å²) in [4.78, 5) is 2.33. The number of benzene rings is 1. The quantitative estimate of drug-likeness (QED) is 0.776. The van der Waals surface area contributed by atoms with E-state index in [9.17, 15) is 13.5 Å². The molecular weight excluding hydrogens is 300 g/mol. The molecule has 1 saturated heterocycles. The van der Waals surface area contributed by atoms with Crippen LogP contribution in [0.5, 0.6) is 0 Å². The van der Waals surface area contributed by atoms with Crippen LogP contribution in [0.25, 0.3) is 0 Å². The molecule has 1 heterocycles. The highest BCUT2D eigenvalue weighted by atomic mass is 32.2. The van der Waals surface area contributed by atoms with Gasteiger partial charge in [0.25, 0.3) is 0 Å². The average Bonchev–Trinajstić information content (AvgIpc) is 2.76. The molecule has 0 aliphatic carbocycles. The fourth-order valence-corrected chi connectivity index (χ4v) is 4.86. The van der Waals surface area contributed by atoms with Crippen LogP contribution in [0.3, 0.4) is 0 Å². The molecule has 0 saturated carbocycles. The Kier molecular flexibility index (Phi) is 5.97. The lowest BCUT2D eigenvalue weighted by atomic mass is 10.0. The van der Waals surface area contributed by atoms with Crippen molar-refractivity contribution >= 4 is 9.84 Å². The van der Waals surface area contributed by atoms with Crippen LogP contribution in [-0.2, 0) is 9.84 Å². The van der Waals surface area contributed by atoms with Gasteiger partial charge in [-0.15, -0.1) is 0 Å². The molecule has 2 rings (SSSR count). The van der Waals surface area contributed by atoms with Gasteiger partial charge in [-0.2, -0.15) is 0 Å². The molecule has 0 unspecified atom stereocenters. The molecule has 1 aliphatic heterocycles. The summed E-state index contributed by atoms with van der Waals surface area (Å²) in [5, 5.41) is 13.2. The molecule has 0 bridgehead atoms. The van der Waals surface area contributed by atoms with E-state index in [-0.39, 0.29) is 23.6 Å². The van der Waals surface area contributed by atoms with E-state index in [1.807, 2.05) is 18.2 Å². The predicted molar refractivity (Wildman–Crippen MR) is 88.6 cm³/mol. The lowest BCUT2D eigenvalue weighted by molar-refractivity contribution is 0.151. The highest BCUT2D eigenvalue weighted by Gasteiger charge is 2.36.